The molecule has 1 aromatic heterocycles. The van der Waals surface area contributed by atoms with Crippen molar-refractivity contribution in [3.05, 3.63) is 23.9 Å². The van der Waals surface area contributed by atoms with Gasteiger partial charge in [0.05, 0.1) is 35.4 Å². The first-order valence-electron chi connectivity index (χ1n) is 20.1. The molecule has 59 heavy (non-hydrogen) atoms. The van der Waals surface area contributed by atoms with Crippen LogP contribution in [0.3, 0.4) is 0 Å². The van der Waals surface area contributed by atoms with Gasteiger partial charge < -0.3 is 29.7 Å². The number of rotatable bonds is 9. The van der Waals surface area contributed by atoms with E-state index in [0.717, 1.165) is 4.90 Å². The van der Waals surface area contributed by atoms with Crippen molar-refractivity contribution in [2.75, 3.05) is 13.7 Å². The summed E-state index contributed by atoms with van der Waals surface area (Å²) in [5.41, 5.74) is -2.81. The number of fused-ring (bicyclic) bond motifs is 5. The maximum Gasteiger partial charge on any atom is 0.408 e. The summed E-state index contributed by atoms with van der Waals surface area (Å²) in [6.45, 7) is 5.92. The Bertz CT molecular complexity index is 2120. The Kier molecular flexibility index (Phi) is 11.2. The van der Waals surface area contributed by atoms with Gasteiger partial charge in [0.1, 0.15) is 35.6 Å². The van der Waals surface area contributed by atoms with Crippen LogP contribution in [0.25, 0.3) is 11.0 Å². The van der Waals surface area contributed by atoms with Crippen LogP contribution in [-0.4, -0.2) is 102 Å². The molecule has 5 aliphatic rings. The van der Waals surface area contributed by atoms with Gasteiger partial charge in [-0.1, -0.05) is 27.2 Å². The fourth-order valence-corrected chi connectivity index (χ4v) is 9.63. The molecule has 1 saturated heterocycles. The van der Waals surface area contributed by atoms with Gasteiger partial charge in [-0.2, -0.15) is 8.78 Å². The molecule has 1 aromatic carbocycles. The number of alkyl halides is 4. The van der Waals surface area contributed by atoms with E-state index in [1.54, 1.807) is 26.8 Å². The maximum atomic E-state index is 16.3. The lowest BCUT2D eigenvalue weighted by atomic mass is 9.93. The van der Waals surface area contributed by atoms with Gasteiger partial charge in [-0.3, -0.25) is 19.1 Å². The Labute approximate surface area is 339 Å². The number of aromatic nitrogens is 2. The predicted molar refractivity (Wildman–Crippen MR) is 202 cm³/mol. The minimum atomic E-state index is -4.31. The van der Waals surface area contributed by atoms with Crippen molar-refractivity contribution in [1.82, 2.24) is 30.2 Å². The van der Waals surface area contributed by atoms with Crippen LogP contribution < -0.4 is 24.8 Å². The first-order valence-corrected chi connectivity index (χ1v) is 21.6. The number of hydrogen-bond donors (Lipinski definition) is 3. The second-order valence-corrected chi connectivity index (χ2v) is 19.3. The number of nitrogens with zero attached hydrogens (tertiary/aromatic N) is 3. The minimum Gasteiger partial charge on any atom is -0.497 e. The zero-order valence-electron chi connectivity index (χ0n) is 33.4. The standard InChI is InChI=1S/C39H50F4N6O9S/c1-6-22-27-18-49(29(22)32(50)47-38(17-23(38)31(40)41)35(52)48-59(54,55)37(4)13-14-37)34(51)28(19(2)3)46-36(53)58-26-15-20(26)9-7-8-12-39(42,43)30-33(57-27)45-25-16-21(56-5)10-11-24(25)44-30/h10-11,16,19-20,22-23,26-29,31H,6-9,12-15,17-18H2,1-5H3,(H,46,53)(H,47,50)(H,48,52)/t20-,22-,23?,26-,27+,28+,29+,38-/m1/s1. The number of nitrogens with one attached hydrogen (secondary N) is 3. The van der Waals surface area contributed by atoms with Crippen molar-refractivity contribution in [1.29, 1.82) is 0 Å². The summed E-state index contributed by atoms with van der Waals surface area (Å²) >= 11 is 0. The zero-order valence-corrected chi connectivity index (χ0v) is 34.3. The molecule has 3 N–H and O–H groups in total. The molecule has 2 aliphatic heterocycles. The molecule has 324 valence electrons. The van der Waals surface area contributed by atoms with E-state index in [1.807, 2.05) is 4.72 Å². The number of halogens is 4. The lowest BCUT2D eigenvalue weighted by Gasteiger charge is -2.32. The van der Waals surface area contributed by atoms with Crippen molar-refractivity contribution in [3.8, 4) is 11.6 Å². The van der Waals surface area contributed by atoms with E-state index >= 15 is 8.78 Å². The molecule has 4 fully saturated rings. The average Bonchev–Trinajstić information content (AvgIpc) is 4.13. The number of ether oxygens (including phenoxy) is 3. The third kappa shape index (κ3) is 8.21. The third-order valence-corrected chi connectivity index (χ3v) is 14.8. The summed E-state index contributed by atoms with van der Waals surface area (Å²) in [6.07, 6.45) is -4.84. The highest BCUT2D eigenvalue weighted by Gasteiger charge is 2.68. The quantitative estimate of drug-likeness (QED) is 0.299. The molecule has 1 unspecified atom stereocenters. The van der Waals surface area contributed by atoms with Gasteiger partial charge in [0.15, 0.2) is 5.69 Å². The van der Waals surface area contributed by atoms with E-state index in [2.05, 4.69) is 20.6 Å². The zero-order chi connectivity index (χ0) is 42.8. The van der Waals surface area contributed by atoms with Crippen LogP contribution in [0.1, 0.15) is 91.2 Å². The fraction of sp³-hybridized carbons (Fsp3) is 0.692. The molecule has 7 rings (SSSR count). The van der Waals surface area contributed by atoms with Gasteiger partial charge in [0.2, 0.25) is 34.1 Å². The highest BCUT2D eigenvalue weighted by Crippen LogP contribution is 2.50. The van der Waals surface area contributed by atoms with Crippen LogP contribution >= 0.6 is 0 Å². The van der Waals surface area contributed by atoms with E-state index in [4.69, 9.17) is 14.2 Å². The summed E-state index contributed by atoms with van der Waals surface area (Å²) < 4.78 is 105. The molecule has 2 aromatic rings. The topological polar surface area (TPSA) is 195 Å². The highest BCUT2D eigenvalue weighted by atomic mass is 32.2. The van der Waals surface area contributed by atoms with Crippen molar-refractivity contribution < 1.29 is 59.4 Å². The largest absolute Gasteiger partial charge is 0.497 e. The maximum absolute atomic E-state index is 16.3. The van der Waals surface area contributed by atoms with Gasteiger partial charge in [-0.25, -0.2) is 32.0 Å². The summed E-state index contributed by atoms with van der Waals surface area (Å²) in [5, 5.41) is 5.01. The lowest BCUT2D eigenvalue weighted by Crippen LogP contribution is -2.60. The molecule has 20 heteroatoms. The second kappa shape index (κ2) is 15.5. The molecule has 4 amide bonds. The molecule has 3 heterocycles. The van der Waals surface area contributed by atoms with E-state index < -0.39 is 129 Å². The molecule has 2 bridgehead atoms. The molecule has 15 nitrogen and oxygen atoms in total. The predicted octanol–water partition coefficient (Wildman–Crippen LogP) is 4.57. The van der Waals surface area contributed by atoms with Crippen molar-refractivity contribution in [3.63, 3.8) is 0 Å². The third-order valence-electron chi connectivity index (χ3n) is 12.6. The molecule has 3 aliphatic carbocycles. The number of alkyl carbamates (subject to hydrolysis) is 1. The van der Waals surface area contributed by atoms with Crippen molar-refractivity contribution in [2.24, 2.45) is 23.7 Å². The first-order chi connectivity index (χ1) is 27.7. The first kappa shape index (κ1) is 42.6. The van der Waals surface area contributed by atoms with Crippen LogP contribution in [-0.2, 0) is 35.1 Å². The monoisotopic (exact) mass is 854 g/mol. The van der Waals surface area contributed by atoms with Gasteiger partial charge in [0, 0.05) is 18.4 Å². The number of sulfonamides is 1. The number of hydrogen-bond acceptors (Lipinski definition) is 11. The SMILES string of the molecule is CC[C@@H]1[C@@H]2CN(C(=O)[C@H](C(C)C)NC(=O)O[C@@H]3C[C@H]3CCCCC(F)(F)c3nc4ccc(OC)cc4nc3O2)[C@@H]1C(=O)N[C@]1(C(=O)NS(=O)(=O)C2(C)CC2)CC1C(F)F. The average molecular weight is 855 g/mol. The Morgan fingerprint density at radius 3 is 2.42 bits per heavy atom. The Hall–Kier alpha value is -4.49. The van der Waals surface area contributed by atoms with Crippen LogP contribution in [0, 0.1) is 23.7 Å². The molecular weight excluding hydrogens is 805 g/mol. The summed E-state index contributed by atoms with van der Waals surface area (Å²) in [4.78, 5) is 65.8. The van der Waals surface area contributed by atoms with E-state index in [9.17, 15) is 36.4 Å². The molecule has 8 atom stereocenters. The van der Waals surface area contributed by atoms with Gasteiger partial charge in [-0.05, 0) is 75.8 Å². The number of carbonyl (C=O) groups excluding carboxylic acids is 4. The Balaban J connectivity index is 1.29. The van der Waals surface area contributed by atoms with E-state index in [-0.39, 0.29) is 42.6 Å². The number of carbonyl (C=O) groups is 4. The second-order valence-electron chi connectivity index (χ2n) is 17.1. The smallest absolute Gasteiger partial charge is 0.408 e. The molecule has 0 spiro atoms. The van der Waals surface area contributed by atoms with Crippen LogP contribution in [0.2, 0.25) is 0 Å². The van der Waals surface area contributed by atoms with Gasteiger partial charge >= 0.3 is 6.09 Å². The van der Waals surface area contributed by atoms with Crippen LogP contribution in [0.15, 0.2) is 18.2 Å². The molecular formula is C39H50F4N6O9S. The summed E-state index contributed by atoms with van der Waals surface area (Å²) in [6, 6.07) is 1.65. The highest BCUT2D eigenvalue weighted by molar-refractivity contribution is 7.91. The summed E-state index contributed by atoms with van der Waals surface area (Å²) in [5.74, 6) is -10.4. The normalized spacial score (nSPS) is 31.4. The lowest BCUT2D eigenvalue weighted by molar-refractivity contribution is -0.143. The fourth-order valence-electron chi connectivity index (χ4n) is 8.32. The van der Waals surface area contributed by atoms with Crippen molar-refractivity contribution in [2.45, 2.75) is 132 Å². The number of benzene rings is 1. The van der Waals surface area contributed by atoms with Crippen LogP contribution in [0.5, 0.6) is 11.6 Å². The molecule has 3 saturated carbocycles. The number of methoxy groups -OCH3 is 1. The minimum absolute atomic E-state index is 0.0559. The summed E-state index contributed by atoms with van der Waals surface area (Å²) in [7, 11) is -2.89. The van der Waals surface area contributed by atoms with Gasteiger partial charge in [0.25, 0.3) is 11.8 Å². The Morgan fingerprint density at radius 2 is 1.80 bits per heavy atom. The van der Waals surface area contributed by atoms with Crippen LogP contribution in [0.4, 0.5) is 22.4 Å². The van der Waals surface area contributed by atoms with E-state index in [0.29, 0.717) is 25.0 Å². The van der Waals surface area contributed by atoms with E-state index in [1.165, 1.54) is 26.2 Å². The number of amides is 4. The molecule has 0 radical (unpaired) electrons. The Morgan fingerprint density at radius 1 is 1.07 bits per heavy atom. The van der Waals surface area contributed by atoms with Gasteiger partial charge in [-0.15, -0.1) is 0 Å². The van der Waals surface area contributed by atoms with Crippen molar-refractivity contribution >= 4 is 44.9 Å².